The number of aliphatic hydroxyl groups is 1. The second-order valence-electron chi connectivity index (χ2n) is 6.80. The number of anilines is 2. The number of hydrogen-bond acceptors (Lipinski definition) is 6. The number of nitrogens with two attached hydrogens (primary N) is 1. The minimum atomic E-state index is -4.69. The van der Waals surface area contributed by atoms with Gasteiger partial charge in [0, 0.05) is 32.9 Å². The van der Waals surface area contributed by atoms with Crippen molar-refractivity contribution in [2.24, 2.45) is 4.99 Å². The summed E-state index contributed by atoms with van der Waals surface area (Å²) in [5, 5.41) is 12.9. The number of aromatic nitrogens is 1. The fraction of sp³-hybridized carbons (Fsp3) is 0.316. The van der Waals surface area contributed by atoms with Crippen molar-refractivity contribution in [3.63, 3.8) is 0 Å². The van der Waals surface area contributed by atoms with Gasteiger partial charge in [-0.15, -0.1) is 0 Å². The van der Waals surface area contributed by atoms with Gasteiger partial charge in [-0.1, -0.05) is 6.07 Å². The highest BCUT2D eigenvalue weighted by Gasteiger charge is 2.33. The van der Waals surface area contributed by atoms with E-state index >= 15 is 0 Å². The lowest BCUT2D eigenvalue weighted by atomic mass is 9.94. The van der Waals surface area contributed by atoms with Gasteiger partial charge in [0.1, 0.15) is 11.4 Å². The van der Waals surface area contributed by atoms with Gasteiger partial charge in [0.25, 0.3) is 5.91 Å². The van der Waals surface area contributed by atoms with Crippen LogP contribution in [0.2, 0.25) is 0 Å². The van der Waals surface area contributed by atoms with Crippen LogP contribution in [0.25, 0.3) is 0 Å². The van der Waals surface area contributed by atoms with Gasteiger partial charge in [-0.25, -0.2) is 4.98 Å². The first-order valence-corrected chi connectivity index (χ1v) is 9.61. The summed E-state index contributed by atoms with van der Waals surface area (Å²) in [6.45, 7) is 3.20. The average molecular weight is 441 g/mol. The van der Waals surface area contributed by atoms with E-state index in [9.17, 15) is 27.3 Å². The van der Waals surface area contributed by atoms with Crippen LogP contribution in [0, 0.1) is 0 Å². The zero-order valence-electron chi connectivity index (χ0n) is 16.2. The van der Waals surface area contributed by atoms with E-state index in [4.69, 9.17) is 5.73 Å². The van der Waals surface area contributed by atoms with Crippen molar-refractivity contribution >= 4 is 35.2 Å². The SMILES string of the molecule is CC(C)(O)c1cc(N)c(C=NCC[S+]=O)cc1NC(=O)c1cccc(C(F)(F)F)n1. The fourth-order valence-electron chi connectivity index (χ4n) is 2.51. The van der Waals surface area contributed by atoms with Crippen molar-refractivity contribution in [3.05, 3.63) is 52.8 Å². The van der Waals surface area contributed by atoms with Crippen LogP contribution in [0.5, 0.6) is 0 Å². The van der Waals surface area contributed by atoms with Crippen molar-refractivity contribution in [1.29, 1.82) is 0 Å². The van der Waals surface area contributed by atoms with E-state index in [-0.39, 0.29) is 29.2 Å². The summed E-state index contributed by atoms with van der Waals surface area (Å²) >= 11 is 0.387. The van der Waals surface area contributed by atoms with Crippen LogP contribution in [0.3, 0.4) is 0 Å². The second kappa shape index (κ2) is 9.26. The lowest BCUT2D eigenvalue weighted by molar-refractivity contribution is -0.141. The number of rotatable bonds is 7. The van der Waals surface area contributed by atoms with Crippen LogP contribution in [-0.2, 0) is 27.7 Å². The number of nitrogens with one attached hydrogen (secondary N) is 1. The number of amides is 1. The number of aliphatic imine (C=N–C) groups is 1. The van der Waals surface area contributed by atoms with Gasteiger partial charge in [-0.2, -0.15) is 13.2 Å². The number of nitrogens with zero attached hydrogens (tertiary/aromatic N) is 2. The molecule has 0 aliphatic carbocycles. The number of pyridine rings is 1. The summed E-state index contributed by atoms with van der Waals surface area (Å²) in [6, 6.07) is 5.88. The molecule has 0 radical (unpaired) electrons. The third kappa shape index (κ3) is 6.04. The maximum absolute atomic E-state index is 12.9. The van der Waals surface area contributed by atoms with Crippen molar-refractivity contribution in [1.82, 2.24) is 4.98 Å². The highest BCUT2D eigenvalue weighted by molar-refractivity contribution is 7.65. The van der Waals surface area contributed by atoms with Crippen molar-refractivity contribution in [2.45, 2.75) is 25.6 Å². The Labute approximate surface area is 174 Å². The van der Waals surface area contributed by atoms with Gasteiger partial charge in [0.2, 0.25) is 5.75 Å². The molecular weight excluding hydrogens is 421 g/mol. The molecule has 0 bridgehead atoms. The molecule has 0 aliphatic heterocycles. The Morgan fingerprint density at radius 2 is 2.03 bits per heavy atom. The smallest absolute Gasteiger partial charge is 0.398 e. The molecule has 2 rings (SSSR count). The Morgan fingerprint density at radius 3 is 2.63 bits per heavy atom. The van der Waals surface area contributed by atoms with Crippen LogP contribution in [0.15, 0.2) is 35.3 Å². The number of halogens is 3. The molecule has 0 spiro atoms. The zero-order chi connectivity index (χ0) is 22.5. The first kappa shape index (κ1) is 23.4. The van der Waals surface area contributed by atoms with E-state index in [2.05, 4.69) is 15.3 Å². The topological polar surface area (TPSA) is 118 Å². The van der Waals surface area contributed by atoms with Gasteiger partial charge >= 0.3 is 17.8 Å². The third-order valence-electron chi connectivity index (χ3n) is 3.94. The molecule has 0 fully saturated rings. The van der Waals surface area contributed by atoms with Crippen LogP contribution in [-0.4, -0.2) is 34.5 Å². The Bertz CT molecular complexity index is 972. The third-order valence-corrected chi connectivity index (χ3v) is 4.29. The maximum atomic E-state index is 12.9. The molecule has 0 saturated carbocycles. The van der Waals surface area contributed by atoms with Gasteiger partial charge in [-0.3, -0.25) is 9.79 Å². The summed E-state index contributed by atoms with van der Waals surface area (Å²) in [5.74, 6) is -0.620. The van der Waals surface area contributed by atoms with E-state index in [1.165, 1.54) is 32.2 Å². The lowest BCUT2D eigenvalue weighted by Gasteiger charge is -2.23. The number of nitrogen functional groups attached to an aromatic ring is 1. The molecule has 0 saturated heterocycles. The Kier molecular flexibility index (Phi) is 7.21. The van der Waals surface area contributed by atoms with E-state index < -0.39 is 29.1 Å². The molecule has 2 aromatic rings. The monoisotopic (exact) mass is 441 g/mol. The van der Waals surface area contributed by atoms with E-state index in [1.807, 2.05) is 0 Å². The molecule has 7 nitrogen and oxygen atoms in total. The standard InChI is InChI=1S/C19H19F3N4O3S/c1-18(2,28)12-9-13(23)11(10-24-6-7-30-29)8-15(12)26-17(27)14-4-3-5-16(25-14)19(20,21)22/h3-5,8-10,28H,6-7H2,1-2H3,(H2-,23,24,25,26,27)/p+1. The zero-order valence-corrected chi connectivity index (χ0v) is 17.0. The van der Waals surface area contributed by atoms with Gasteiger partial charge in [0.05, 0.1) is 12.1 Å². The van der Waals surface area contributed by atoms with Gasteiger partial charge < -0.3 is 16.2 Å². The van der Waals surface area contributed by atoms with Crippen LogP contribution in [0.4, 0.5) is 24.5 Å². The van der Waals surface area contributed by atoms with Gasteiger partial charge in [-0.05, 0) is 38.1 Å². The van der Waals surface area contributed by atoms with E-state index in [1.54, 1.807) is 0 Å². The van der Waals surface area contributed by atoms with Crippen LogP contribution in [0.1, 0.15) is 41.2 Å². The average Bonchev–Trinajstić information content (AvgIpc) is 2.65. The molecule has 160 valence electrons. The normalized spacial score (nSPS) is 12.2. The quantitative estimate of drug-likeness (QED) is 0.264. The molecule has 4 N–H and O–H groups in total. The second-order valence-corrected chi connectivity index (χ2v) is 7.45. The fourth-order valence-corrected chi connectivity index (χ4v) is 2.69. The molecule has 1 aromatic carbocycles. The molecule has 1 amide bonds. The number of hydrogen-bond donors (Lipinski definition) is 3. The van der Waals surface area contributed by atoms with Crippen LogP contribution >= 0.6 is 0 Å². The predicted octanol–water partition coefficient (Wildman–Crippen LogP) is 3.01. The largest absolute Gasteiger partial charge is 0.460 e. The van der Waals surface area contributed by atoms with Gasteiger partial charge in [0.15, 0.2) is 0 Å². The molecule has 11 heteroatoms. The molecule has 1 heterocycles. The first-order chi connectivity index (χ1) is 13.9. The summed E-state index contributed by atoms with van der Waals surface area (Å²) < 4.78 is 49.0. The summed E-state index contributed by atoms with van der Waals surface area (Å²) in [6.07, 6.45) is -3.28. The number of carbonyl (C=O) groups excluding carboxylic acids is 1. The number of alkyl halides is 3. The Balaban J connectivity index is 2.42. The summed E-state index contributed by atoms with van der Waals surface area (Å²) in [4.78, 5) is 20.0. The maximum Gasteiger partial charge on any atom is 0.460 e. The predicted molar refractivity (Wildman–Crippen MR) is 109 cm³/mol. The van der Waals surface area contributed by atoms with Crippen molar-refractivity contribution in [3.8, 4) is 0 Å². The van der Waals surface area contributed by atoms with E-state index in [0.717, 1.165) is 18.2 Å². The van der Waals surface area contributed by atoms with E-state index in [0.29, 0.717) is 17.2 Å². The first-order valence-electron chi connectivity index (χ1n) is 8.70. The molecule has 1 aromatic heterocycles. The van der Waals surface area contributed by atoms with Crippen LogP contribution < -0.4 is 11.1 Å². The number of carbonyl (C=O) groups is 1. The van der Waals surface area contributed by atoms with Crippen molar-refractivity contribution < 1.29 is 27.3 Å². The van der Waals surface area contributed by atoms with Crippen molar-refractivity contribution in [2.75, 3.05) is 23.3 Å². The summed E-state index contributed by atoms with van der Waals surface area (Å²) in [5.41, 5.74) is 4.02. The highest BCUT2D eigenvalue weighted by atomic mass is 32.1. The minimum absolute atomic E-state index is 0.139. The molecular formula is C19H20F3N4O3S+. The Hall–Kier alpha value is -2.92. The molecule has 0 unspecified atom stereocenters. The Morgan fingerprint density at radius 1 is 1.33 bits per heavy atom. The summed E-state index contributed by atoms with van der Waals surface area (Å²) in [7, 11) is 0. The molecule has 0 aliphatic rings. The highest BCUT2D eigenvalue weighted by Crippen LogP contribution is 2.32. The lowest BCUT2D eigenvalue weighted by Crippen LogP contribution is -2.23. The minimum Gasteiger partial charge on any atom is -0.398 e. The molecule has 0 atom stereocenters. The number of benzene rings is 1. The molecule has 30 heavy (non-hydrogen) atoms.